The van der Waals surface area contributed by atoms with Crippen molar-refractivity contribution in [1.82, 2.24) is 0 Å². The lowest BCUT2D eigenvalue weighted by Gasteiger charge is -2.05. The van der Waals surface area contributed by atoms with Gasteiger partial charge in [-0.25, -0.2) is 0 Å². The summed E-state index contributed by atoms with van der Waals surface area (Å²) >= 11 is 17.8. The fourth-order valence-electron chi connectivity index (χ4n) is 1.32. The van der Waals surface area contributed by atoms with Gasteiger partial charge >= 0.3 is 0 Å². The molecule has 0 heterocycles. The SMILES string of the molecule is Clc1cc(Cl)c(C2CC2)c(Cl)c1. The van der Waals surface area contributed by atoms with Gasteiger partial charge in [-0.1, -0.05) is 34.8 Å². The van der Waals surface area contributed by atoms with Crippen molar-refractivity contribution in [3.8, 4) is 0 Å². The molecule has 12 heavy (non-hydrogen) atoms. The normalized spacial score (nSPS) is 16.6. The van der Waals surface area contributed by atoms with Crippen LogP contribution < -0.4 is 0 Å². The number of halogens is 3. The fourth-order valence-corrected chi connectivity index (χ4v) is 2.44. The topological polar surface area (TPSA) is 0 Å². The molecule has 0 atom stereocenters. The van der Waals surface area contributed by atoms with Crippen molar-refractivity contribution in [2.24, 2.45) is 0 Å². The molecule has 0 nitrogen and oxygen atoms in total. The van der Waals surface area contributed by atoms with E-state index in [-0.39, 0.29) is 0 Å². The van der Waals surface area contributed by atoms with Gasteiger partial charge in [0.25, 0.3) is 0 Å². The molecule has 1 saturated carbocycles. The average molecular weight is 222 g/mol. The first-order chi connectivity index (χ1) is 5.68. The molecule has 1 aliphatic carbocycles. The third-order valence-corrected chi connectivity index (χ3v) is 2.87. The van der Waals surface area contributed by atoms with Gasteiger partial charge in [-0.2, -0.15) is 0 Å². The van der Waals surface area contributed by atoms with Crippen molar-refractivity contribution in [1.29, 1.82) is 0 Å². The van der Waals surface area contributed by atoms with Gasteiger partial charge in [0.05, 0.1) is 0 Å². The first kappa shape index (κ1) is 8.68. The van der Waals surface area contributed by atoms with E-state index in [9.17, 15) is 0 Å². The molecule has 0 aliphatic heterocycles. The Kier molecular flexibility index (Phi) is 2.24. The lowest BCUT2D eigenvalue weighted by atomic mass is 10.1. The number of rotatable bonds is 1. The highest BCUT2D eigenvalue weighted by Gasteiger charge is 2.28. The van der Waals surface area contributed by atoms with Crippen LogP contribution >= 0.6 is 34.8 Å². The molecule has 1 fully saturated rings. The smallest absolute Gasteiger partial charge is 0.0470 e. The number of hydrogen-bond acceptors (Lipinski definition) is 0. The van der Waals surface area contributed by atoms with Crippen molar-refractivity contribution < 1.29 is 0 Å². The molecule has 1 aromatic carbocycles. The van der Waals surface area contributed by atoms with Crippen LogP contribution in [0.1, 0.15) is 24.3 Å². The van der Waals surface area contributed by atoms with Crippen molar-refractivity contribution in [3.05, 3.63) is 32.8 Å². The van der Waals surface area contributed by atoms with Crippen molar-refractivity contribution in [3.63, 3.8) is 0 Å². The molecular formula is C9H7Cl3. The zero-order valence-corrected chi connectivity index (χ0v) is 8.55. The summed E-state index contributed by atoms with van der Waals surface area (Å²) in [5.41, 5.74) is 1.07. The minimum Gasteiger partial charge on any atom is -0.0842 e. The second-order valence-corrected chi connectivity index (χ2v) is 4.31. The van der Waals surface area contributed by atoms with Gasteiger partial charge in [0.15, 0.2) is 0 Å². The van der Waals surface area contributed by atoms with E-state index in [1.807, 2.05) is 0 Å². The molecule has 0 amide bonds. The summed E-state index contributed by atoms with van der Waals surface area (Å²) < 4.78 is 0. The monoisotopic (exact) mass is 220 g/mol. The van der Waals surface area contributed by atoms with E-state index in [1.165, 1.54) is 12.8 Å². The molecule has 0 radical (unpaired) electrons. The summed E-state index contributed by atoms with van der Waals surface area (Å²) in [5, 5.41) is 2.01. The highest BCUT2D eigenvalue weighted by atomic mass is 35.5. The summed E-state index contributed by atoms with van der Waals surface area (Å²) in [6, 6.07) is 3.51. The van der Waals surface area contributed by atoms with E-state index in [1.54, 1.807) is 12.1 Å². The van der Waals surface area contributed by atoms with Crippen LogP contribution in [0.5, 0.6) is 0 Å². The third kappa shape index (κ3) is 1.56. The van der Waals surface area contributed by atoms with E-state index < -0.39 is 0 Å². The highest BCUT2D eigenvalue weighted by Crippen LogP contribution is 2.47. The van der Waals surface area contributed by atoms with Crippen LogP contribution in [0, 0.1) is 0 Å². The standard InChI is InChI=1S/C9H7Cl3/c10-6-3-7(11)9(5-1-2-5)8(12)4-6/h3-5H,1-2H2. The quantitative estimate of drug-likeness (QED) is 0.654. The highest BCUT2D eigenvalue weighted by molar-refractivity contribution is 6.39. The summed E-state index contributed by atoms with van der Waals surface area (Å²) in [6.07, 6.45) is 2.39. The van der Waals surface area contributed by atoms with Gasteiger partial charge in [0.2, 0.25) is 0 Å². The molecule has 0 aromatic heterocycles. The Morgan fingerprint density at radius 1 is 1.00 bits per heavy atom. The molecular weight excluding hydrogens is 214 g/mol. The van der Waals surface area contributed by atoms with Crippen LogP contribution in [-0.2, 0) is 0 Å². The van der Waals surface area contributed by atoms with Crippen molar-refractivity contribution in [2.45, 2.75) is 18.8 Å². The molecule has 0 saturated heterocycles. The second kappa shape index (κ2) is 3.10. The number of hydrogen-bond donors (Lipinski definition) is 0. The molecule has 0 bridgehead atoms. The van der Waals surface area contributed by atoms with Gasteiger partial charge in [0.1, 0.15) is 0 Å². The van der Waals surface area contributed by atoms with Gasteiger partial charge < -0.3 is 0 Å². The Morgan fingerprint density at radius 2 is 1.50 bits per heavy atom. The Morgan fingerprint density at radius 3 is 1.92 bits per heavy atom. The van der Waals surface area contributed by atoms with Gasteiger partial charge in [0, 0.05) is 15.1 Å². The first-order valence-electron chi connectivity index (χ1n) is 3.83. The second-order valence-electron chi connectivity index (χ2n) is 3.06. The molecule has 0 unspecified atom stereocenters. The van der Waals surface area contributed by atoms with E-state index in [0.717, 1.165) is 5.56 Å². The van der Waals surface area contributed by atoms with Gasteiger partial charge in [-0.15, -0.1) is 0 Å². The maximum atomic E-state index is 6.00. The summed E-state index contributed by atoms with van der Waals surface area (Å²) in [4.78, 5) is 0. The minimum atomic E-state index is 0.572. The van der Waals surface area contributed by atoms with Gasteiger partial charge in [-0.05, 0) is 36.5 Å². The van der Waals surface area contributed by atoms with Gasteiger partial charge in [-0.3, -0.25) is 0 Å². The first-order valence-corrected chi connectivity index (χ1v) is 4.96. The Hall–Kier alpha value is 0.0900. The van der Waals surface area contributed by atoms with Crippen LogP contribution in [0.25, 0.3) is 0 Å². The summed E-state index contributed by atoms with van der Waals surface area (Å²) in [7, 11) is 0. The average Bonchev–Trinajstić information content (AvgIpc) is 2.68. The summed E-state index contributed by atoms with van der Waals surface area (Å²) in [6.45, 7) is 0. The van der Waals surface area contributed by atoms with Crippen molar-refractivity contribution in [2.75, 3.05) is 0 Å². The maximum absolute atomic E-state index is 6.00. The zero-order chi connectivity index (χ0) is 8.72. The van der Waals surface area contributed by atoms with Crippen LogP contribution in [0.4, 0.5) is 0 Å². The van der Waals surface area contributed by atoms with Crippen LogP contribution in [0.15, 0.2) is 12.1 Å². The summed E-state index contributed by atoms with van der Waals surface area (Å²) in [5.74, 6) is 0.572. The molecule has 0 N–H and O–H groups in total. The van der Waals surface area contributed by atoms with E-state index in [0.29, 0.717) is 21.0 Å². The van der Waals surface area contributed by atoms with Crippen LogP contribution in [0.2, 0.25) is 15.1 Å². The minimum absolute atomic E-state index is 0.572. The van der Waals surface area contributed by atoms with Crippen LogP contribution in [0.3, 0.4) is 0 Å². The molecule has 1 aliphatic rings. The third-order valence-electron chi connectivity index (χ3n) is 2.03. The largest absolute Gasteiger partial charge is 0.0842 e. The van der Waals surface area contributed by atoms with Crippen molar-refractivity contribution >= 4 is 34.8 Å². The zero-order valence-electron chi connectivity index (χ0n) is 6.28. The Bertz CT molecular complexity index is 293. The maximum Gasteiger partial charge on any atom is 0.0470 e. The fraction of sp³-hybridized carbons (Fsp3) is 0.333. The number of benzene rings is 1. The van der Waals surface area contributed by atoms with E-state index in [2.05, 4.69) is 0 Å². The molecule has 3 heteroatoms. The lowest BCUT2D eigenvalue weighted by Crippen LogP contribution is -1.83. The molecule has 1 aromatic rings. The predicted molar refractivity (Wildman–Crippen MR) is 53.4 cm³/mol. The van der Waals surface area contributed by atoms with Crippen LogP contribution in [-0.4, -0.2) is 0 Å². The Labute approximate surface area is 86.4 Å². The lowest BCUT2D eigenvalue weighted by molar-refractivity contribution is 1.13. The molecule has 64 valence electrons. The predicted octanol–water partition coefficient (Wildman–Crippen LogP) is 4.52. The van der Waals surface area contributed by atoms with E-state index in [4.69, 9.17) is 34.8 Å². The Balaban J connectivity index is 2.51. The molecule has 0 spiro atoms. The van der Waals surface area contributed by atoms with E-state index >= 15 is 0 Å². The molecule has 2 rings (SSSR count).